The first kappa shape index (κ1) is 15.2. The second kappa shape index (κ2) is 7.02. The first-order valence-electron chi connectivity index (χ1n) is 7.51. The van der Waals surface area contributed by atoms with Gasteiger partial charge < -0.3 is 10.0 Å². The Morgan fingerprint density at radius 3 is 2.74 bits per heavy atom. The van der Waals surface area contributed by atoms with Gasteiger partial charge in [0.2, 0.25) is 0 Å². The minimum absolute atomic E-state index is 0.0601. The van der Waals surface area contributed by atoms with Crippen molar-refractivity contribution in [1.29, 1.82) is 0 Å². The van der Waals surface area contributed by atoms with Crippen molar-refractivity contribution in [3.63, 3.8) is 0 Å². The number of pyridine rings is 1. The lowest BCUT2D eigenvalue weighted by Crippen LogP contribution is -2.35. The third kappa shape index (κ3) is 3.54. The Balaban J connectivity index is 1.74. The molecule has 0 radical (unpaired) electrons. The molecule has 0 aliphatic carbocycles. The summed E-state index contributed by atoms with van der Waals surface area (Å²) >= 11 is 0. The van der Waals surface area contributed by atoms with Crippen molar-refractivity contribution in [2.75, 3.05) is 19.7 Å². The molecule has 1 N–H and O–H groups in total. The molecule has 118 valence electrons. The van der Waals surface area contributed by atoms with Crippen molar-refractivity contribution < 1.29 is 9.90 Å². The topological polar surface area (TPSA) is 70.7 Å². The van der Waals surface area contributed by atoms with Gasteiger partial charge in [-0.15, -0.1) is 10.2 Å². The minimum Gasteiger partial charge on any atom is -0.395 e. The molecule has 3 rings (SSSR count). The maximum Gasteiger partial charge on any atom is 0.255 e. The zero-order valence-corrected chi connectivity index (χ0v) is 12.7. The number of rotatable bonds is 6. The number of benzene rings is 1. The number of fused-ring (bicyclic) bond motifs is 1. The van der Waals surface area contributed by atoms with Crippen LogP contribution in [-0.2, 0) is 6.42 Å². The summed E-state index contributed by atoms with van der Waals surface area (Å²) in [5.74, 6) is -0.106. The Labute approximate surface area is 134 Å². The molecular formula is C17H18N4O2. The minimum atomic E-state index is -0.106. The van der Waals surface area contributed by atoms with Crippen LogP contribution in [0.2, 0.25) is 0 Å². The van der Waals surface area contributed by atoms with E-state index >= 15 is 0 Å². The molecule has 0 spiro atoms. The van der Waals surface area contributed by atoms with E-state index in [1.807, 2.05) is 30.3 Å². The van der Waals surface area contributed by atoms with E-state index in [1.165, 1.54) is 0 Å². The van der Waals surface area contributed by atoms with E-state index in [0.29, 0.717) is 24.3 Å². The van der Waals surface area contributed by atoms with Gasteiger partial charge in [0.25, 0.3) is 5.91 Å². The van der Waals surface area contributed by atoms with Gasteiger partial charge in [0.1, 0.15) is 6.33 Å². The fraction of sp³-hybridized carbons (Fsp3) is 0.235. The van der Waals surface area contributed by atoms with Gasteiger partial charge in [0.05, 0.1) is 12.2 Å². The van der Waals surface area contributed by atoms with E-state index in [9.17, 15) is 9.90 Å². The number of aromatic nitrogens is 3. The van der Waals surface area contributed by atoms with Crippen molar-refractivity contribution >= 4 is 11.6 Å². The predicted molar refractivity (Wildman–Crippen MR) is 86.1 cm³/mol. The van der Waals surface area contributed by atoms with Gasteiger partial charge in [-0.1, -0.05) is 30.3 Å². The molecule has 0 aliphatic heterocycles. The van der Waals surface area contributed by atoms with Gasteiger partial charge >= 0.3 is 0 Å². The number of nitrogens with zero attached hydrogens (tertiary/aromatic N) is 4. The smallest absolute Gasteiger partial charge is 0.255 e. The summed E-state index contributed by atoms with van der Waals surface area (Å²) in [5, 5.41) is 17.0. The third-order valence-electron chi connectivity index (χ3n) is 3.71. The first-order chi connectivity index (χ1) is 11.3. The normalized spacial score (nSPS) is 10.8. The molecule has 0 aliphatic rings. The van der Waals surface area contributed by atoms with E-state index in [1.54, 1.807) is 34.0 Å². The van der Waals surface area contributed by atoms with Crippen LogP contribution < -0.4 is 0 Å². The highest BCUT2D eigenvalue weighted by Gasteiger charge is 2.16. The predicted octanol–water partition coefficient (Wildman–Crippen LogP) is 1.41. The fourth-order valence-corrected chi connectivity index (χ4v) is 2.48. The van der Waals surface area contributed by atoms with E-state index in [2.05, 4.69) is 10.2 Å². The van der Waals surface area contributed by atoms with Crippen LogP contribution in [0.25, 0.3) is 5.65 Å². The van der Waals surface area contributed by atoms with Crippen molar-refractivity contribution in [2.24, 2.45) is 0 Å². The quantitative estimate of drug-likeness (QED) is 0.747. The van der Waals surface area contributed by atoms with Crippen LogP contribution in [0.4, 0.5) is 0 Å². The Morgan fingerprint density at radius 2 is 1.96 bits per heavy atom. The number of aliphatic hydroxyl groups excluding tert-OH is 1. The molecular weight excluding hydrogens is 292 g/mol. The number of hydrogen-bond acceptors (Lipinski definition) is 4. The number of amides is 1. The van der Waals surface area contributed by atoms with Gasteiger partial charge in [0.15, 0.2) is 5.65 Å². The summed E-state index contributed by atoms with van der Waals surface area (Å²) in [7, 11) is 0. The molecule has 0 atom stereocenters. The Bertz CT molecular complexity index is 785. The van der Waals surface area contributed by atoms with Gasteiger partial charge in [0, 0.05) is 19.3 Å². The first-order valence-corrected chi connectivity index (χ1v) is 7.51. The largest absolute Gasteiger partial charge is 0.395 e. The average Bonchev–Trinajstić information content (AvgIpc) is 3.06. The van der Waals surface area contributed by atoms with Gasteiger partial charge in [-0.25, -0.2) is 0 Å². The second-order valence-electron chi connectivity index (χ2n) is 5.27. The molecule has 0 saturated carbocycles. The molecule has 1 amide bonds. The lowest BCUT2D eigenvalue weighted by molar-refractivity contribution is 0.0723. The highest BCUT2D eigenvalue weighted by atomic mass is 16.3. The van der Waals surface area contributed by atoms with Gasteiger partial charge in [-0.3, -0.25) is 9.20 Å². The highest BCUT2D eigenvalue weighted by Crippen LogP contribution is 2.09. The molecule has 3 aromatic rings. The van der Waals surface area contributed by atoms with Crippen molar-refractivity contribution in [3.8, 4) is 0 Å². The number of hydrogen-bond donors (Lipinski definition) is 1. The molecule has 0 saturated heterocycles. The molecule has 2 aromatic heterocycles. The second-order valence-corrected chi connectivity index (χ2v) is 5.27. The lowest BCUT2D eigenvalue weighted by Gasteiger charge is -2.22. The maximum absolute atomic E-state index is 12.7. The van der Waals surface area contributed by atoms with E-state index < -0.39 is 0 Å². The maximum atomic E-state index is 12.7. The summed E-state index contributed by atoms with van der Waals surface area (Å²) < 4.78 is 1.71. The van der Waals surface area contributed by atoms with Gasteiger partial charge in [-0.05, 0) is 24.1 Å². The third-order valence-corrected chi connectivity index (χ3v) is 3.71. The summed E-state index contributed by atoms with van der Waals surface area (Å²) in [4.78, 5) is 14.3. The van der Waals surface area contributed by atoms with Crippen LogP contribution in [0.3, 0.4) is 0 Å². The SMILES string of the molecule is O=C(c1ccc2nncn2c1)N(CCO)CCc1ccccc1. The summed E-state index contributed by atoms with van der Waals surface area (Å²) in [6, 6.07) is 13.5. The van der Waals surface area contributed by atoms with Crippen molar-refractivity contribution in [1.82, 2.24) is 19.5 Å². The van der Waals surface area contributed by atoms with Crippen LogP contribution in [0, 0.1) is 0 Å². The zero-order chi connectivity index (χ0) is 16.1. The van der Waals surface area contributed by atoms with E-state index in [4.69, 9.17) is 0 Å². The van der Waals surface area contributed by atoms with Crippen LogP contribution >= 0.6 is 0 Å². The highest BCUT2D eigenvalue weighted by molar-refractivity contribution is 5.94. The lowest BCUT2D eigenvalue weighted by atomic mass is 10.1. The molecule has 0 fully saturated rings. The Morgan fingerprint density at radius 1 is 1.13 bits per heavy atom. The Kier molecular flexibility index (Phi) is 4.63. The summed E-state index contributed by atoms with van der Waals surface area (Å²) in [6.45, 7) is 0.810. The molecule has 6 heteroatoms. The molecule has 2 heterocycles. The van der Waals surface area contributed by atoms with Crippen LogP contribution in [0.15, 0.2) is 55.0 Å². The molecule has 6 nitrogen and oxygen atoms in total. The van der Waals surface area contributed by atoms with Crippen LogP contribution in [-0.4, -0.2) is 50.2 Å². The standard InChI is InChI=1S/C17H18N4O2/c22-11-10-20(9-8-14-4-2-1-3-5-14)17(23)15-6-7-16-19-18-13-21(16)12-15/h1-7,12-13,22H,8-11H2. The number of carbonyl (C=O) groups excluding carboxylic acids is 1. The molecule has 0 bridgehead atoms. The Hall–Kier alpha value is -2.73. The summed E-state index contributed by atoms with van der Waals surface area (Å²) in [5.41, 5.74) is 2.41. The summed E-state index contributed by atoms with van der Waals surface area (Å²) in [6.07, 6.45) is 4.03. The van der Waals surface area contributed by atoms with Crippen LogP contribution in [0.1, 0.15) is 15.9 Å². The molecule has 1 aromatic carbocycles. The molecule has 23 heavy (non-hydrogen) atoms. The van der Waals surface area contributed by atoms with E-state index in [-0.39, 0.29) is 12.5 Å². The van der Waals surface area contributed by atoms with Gasteiger partial charge in [-0.2, -0.15) is 0 Å². The van der Waals surface area contributed by atoms with Crippen LogP contribution in [0.5, 0.6) is 0 Å². The van der Waals surface area contributed by atoms with Crippen molar-refractivity contribution in [2.45, 2.75) is 6.42 Å². The molecule has 0 unspecified atom stereocenters. The average molecular weight is 310 g/mol. The number of aliphatic hydroxyl groups is 1. The number of carbonyl (C=O) groups is 1. The van der Waals surface area contributed by atoms with E-state index in [0.717, 1.165) is 12.0 Å². The fourth-order valence-electron chi connectivity index (χ4n) is 2.48. The monoisotopic (exact) mass is 310 g/mol. The zero-order valence-electron chi connectivity index (χ0n) is 12.7. The van der Waals surface area contributed by atoms with Crippen molar-refractivity contribution in [3.05, 3.63) is 66.1 Å².